The molecule has 0 amide bonds. The third-order valence-electron chi connectivity index (χ3n) is 2.48. The Morgan fingerprint density at radius 1 is 1.29 bits per heavy atom. The van der Waals surface area contributed by atoms with E-state index in [4.69, 9.17) is 4.74 Å². The third kappa shape index (κ3) is 2.94. The molecule has 88 valence electrons. The summed E-state index contributed by atoms with van der Waals surface area (Å²) in [5, 5.41) is 4.23. The van der Waals surface area contributed by atoms with Crippen molar-refractivity contribution < 1.29 is 4.74 Å². The molecular weight excluding hydrogens is 234 g/mol. The molecule has 1 aliphatic carbocycles. The minimum atomic E-state index is 0.423. The zero-order valence-corrected chi connectivity index (χ0v) is 10.1. The number of nitrogens with one attached hydrogen (secondary N) is 1. The molecule has 5 heteroatoms. The molecule has 0 atom stereocenters. The third-order valence-corrected chi connectivity index (χ3v) is 3.17. The average Bonchev–Trinajstić information content (AvgIpc) is 3.06. The zero-order valence-electron chi connectivity index (χ0n) is 9.30. The lowest BCUT2D eigenvalue weighted by molar-refractivity contribution is 0.297. The lowest BCUT2D eigenvalue weighted by atomic mass is 10.3. The van der Waals surface area contributed by atoms with Gasteiger partial charge in [0.05, 0.1) is 0 Å². The van der Waals surface area contributed by atoms with Crippen molar-refractivity contribution in [1.82, 2.24) is 9.36 Å². The molecule has 4 nitrogen and oxygen atoms in total. The second-order valence-electron chi connectivity index (χ2n) is 4.04. The molecule has 0 spiro atoms. The van der Waals surface area contributed by atoms with Gasteiger partial charge in [0, 0.05) is 17.6 Å². The van der Waals surface area contributed by atoms with Crippen LogP contribution in [0.3, 0.4) is 0 Å². The standard InChI is InChI=1S/C12H13N3OS/c1-2-4-10(5-3-1)16-8-11-14-12(17-15-11)13-9-6-7-9/h1-5,9H,6-8H2,(H,13,14,15). The largest absolute Gasteiger partial charge is 0.486 e. The van der Waals surface area contributed by atoms with E-state index < -0.39 is 0 Å². The molecule has 0 radical (unpaired) electrons. The van der Waals surface area contributed by atoms with Gasteiger partial charge in [-0.1, -0.05) is 18.2 Å². The van der Waals surface area contributed by atoms with E-state index in [0.717, 1.165) is 16.7 Å². The molecule has 1 saturated carbocycles. The number of hydrogen-bond donors (Lipinski definition) is 1. The van der Waals surface area contributed by atoms with Gasteiger partial charge < -0.3 is 10.1 Å². The Labute approximate surface area is 104 Å². The molecule has 3 rings (SSSR count). The summed E-state index contributed by atoms with van der Waals surface area (Å²) in [5.74, 6) is 1.58. The first-order valence-corrected chi connectivity index (χ1v) is 6.44. The molecule has 1 heterocycles. The van der Waals surface area contributed by atoms with Crippen LogP contribution < -0.4 is 10.1 Å². The number of rotatable bonds is 5. The first-order chi connectivity index (χ1) is 8.40. The molecule has 0 bridgehead atoms. The van der Waals surface area contributed by atoms with Gasteiger partial charge >= 0.3 is 0 Å². The summed E-state index contributed by atoms with van der Waals surface area (Å²) in [6.45, 7) is 0.423. The maximum absolute atomic E-state index is 5.58. The molecule has 0 unspecified atom stereocenters. The SMILES string of the molecule is c1ccc(OCc2nsc(NC3CC3)n2)cc1. The summed E-state index contributed by atoms with van der Waals surface area (Å²) in [4.78, 5) is 4.38. The van der Waals surface area contributed by atoms with Crippen molar-refractivity contribution in [1.29, 1.82) is 0 Å². The Bertz CT molecular complexity index is 482. The van der Waals surface area contributed by atoms with Crippen LogP contribution in [0.1, 0.15) is 18.7 Å². The van der Waals surface area contributed by atoms with Crippen molar-refractivity contribution in [3.8, 4) is 5.75 Å². The first kappa shape index (κ1) is 10.5. The van der Waals surface area contributed by atoms with Gasteiger partial charge in [0.2, 0.25) is 5.13 Å². The van der Waals surface area contributed by atoms with Gasteiger partial charge in [0.15, 0.2) is 5.82 Å². The molecule has 1 aromatic heterocycles. The van der Waals surface area contributed by atoms with E-state index in [1.54, 1.807) is 0 Å². The number of hydrogen-bond acceptors (Lipinski definition) is 5. The fraction of sp³-hybridized carbons (Fsp3) is 0.333. The Kier molecular flexibility index (Phi) is 2.92. The average molecular weight is 247 g/mol. The summed E-state index contributed by atoms with van der Waals surface area (Å²) >= 11 is 1.40. The molecule has 0 aliphatic heterocycles. The summed E-state index contributed by atoms with van der Waals surface area (Å²) < 4.78 is 9.84. The number of para-hydroxylation sites is 1. The monoisotopic (exact) mass is 247 g/mol. The van der Waals surface area contributed by atoms with Crippen LogP contribution in [-0.2, 0) is 6.61 Å². The first-order valence-electron chi connectivity index (χ1n) is 5.67. The Balaban J connectivity index is 1.55. The number of anilines is 1. The topological polar surface area (TPSA) is 47.0 Å². The highest BCUT2D eigenvalue weighted by Crippen LogP contribution is 2.25. The molecule has 1 aliphatic rings. The maximum Gasteiger partial charge on any atom is 0.202 e. The highest BCUT2D eigenvalue weighted by Gasteiger charge is 2.22. The zero-order chi connectivity index (χ0) is 11.5. The van der Waals surface area contributed by atoms with Crippen molar-refractivity contribution in [3.63, 3.8) is 0 Å². The fourth-order valence-electron chi connectivity index (χ4n) is 1.44. The number of aromatic nitrogens is 2. The van der Waals surface area contributed by atoms with Crippen molar-refractivity contribution in [2.24, 2.45) is 0 Å². The van der Waals surface area contributed by atoms with Crippen molar-refractivity contribution >= 4 is 16.7 Å². The lowest BCUT2D eigenvalue weighted by Crippen LogP contribution is -2.01. The summed E-state index contributed by atoms with van der Waals surface area (Å²) in [5.41, 5.74) is 0. The lowest BCUT2D eigenvalue weighted by Gasteiger charge is -2.02. The highest BCUT2D eigenvalue weighted by molar-refractivity contribution is 7.09. The number of nitrogens with zero attached hydrogens (tertiary/aromatic N) is 2. The molecular formula is C12H13N3OS. The van der Waals surface area contributed by atoms with Crippen LogP contribution in [0.15, 0.2) is 30.3 Å². The van der Waals surface area contributed by atoms with E-state index >= 15 is 0 Å². The van der Waals surface area contributed by atoms with E-state index in [-0.39, 0.29) is 0 Å². The van der Waals surface area contributed by atoms with E-state index in [2.05, 4.69) is 14.7 Å². The van der Waals surface area contributed by atoms with Gasteiger partial charge in [-0.3, -0.25) is 0 Å². The summed E-state index contributed by atoms with van der Waals surface area (Å²) in [6.07, 6.45) is 2.49. The van der Waals surface area contributed by atoms with E-state index in [1.807, 2.05) is 30.3 Å². The Morgan fingerprint density at radius 3 is 2.88 bits per heavy atom. The quantitative estimate of drug-likeness (QED) is 0.882. The predicted molar refractivity (Wildman–Crippen MR) is 67.3 cm³/mol. The highest BCUT2D eigenvalue weighted by atomic mass is 32.1. The Hall–Kier alpha value is -1.62. The number of ether oxygens (including phenoxy) is 1. The summed E-state index contributed by atoms with van der Waals surface area (Å²) in [7, 11) is 0. The van der Waals surface area contributed by atoms with Crippen LogP contribution in [-0.4, -0.2) is 15.4 Å². The molecule has 0 saturated heterocycles. The molecule has 1 aromatic carbocycles. The van der Waals surface area contributed by atoms with E-state index in [1.165, 1.54) is 24.4 Å². The smallest absolute Gasteiger partial charge is 0.202 e. The van der Waals surface area contributed by atoms with Crippen molar-refractivity contribution in [3.05, 3.63) is 36.2 Å². The van der Waals surface area contributed by atoms with Gasteiger partial charge in [0.1, 0.15) is 12.4 Å². The van der Waals surface area contributed by atoms with Crippen LogP contribution in [0, 0.1) is 0 Å². The number of benzene rings is 1. The summed E-state index contributed by atoms with van der Waals surface area (Å²) in [6, 6.07) is 10.3. The molecule has 17 heavy (non-hydrogen) atoms. The van der Waals surface area contributed by atoms with E-state index in [9.17, 15) is 0 Å². The van der Waals surface area contributed by atoms with Gasteiger partial charge in [-0.25, -0.2) is 0 Å². The van der Waals surface area contributed by atoms with Crippen LogP contribution in [0.4, 0.5) is 5.13 Å². The van der Waals surface area contributed by atoms with Crippen LogP contribution in [0.5, 0.6) is 5.75 Å². The minimum Gasteiger partial charge on any atom is -0.486 e. The molecule has 2 aromatic rings. The van der Waals surface area contributed by atoms with Gasteiger partial charge in [-0.05, 0) is 25.0 Å². The second-order valence-corrected chi connectivity index (χ2v) is 4.79. The normalized spacial score (nSPS) is 14.6. The second kappa shape index (κ2) is 4.71. The maximum atomic E-state index is 5.58. The van der Waals surface area contributed by atoms with Gasteiger partial charge in [-0.15, -0.1) is 0 Å². The van der Waals surface area contributed by atoms with Crippen molar-refractivity contribution in [2.75, 3.05) is 5.32 Å². The molecule has 1 N–H and O–H groups in total. The van der Waals surface area contributed by atoms with Crippen molar-refractivity contribution in [2.45, 2.75) is 25.5 Å². The van der Waals surface area contributed by atoms with Crippen LogP contribution >= 0.6 is 11.5 Å². The predicted octanol–water partition coefficient (Wildman–Crippen LogP) is 2.69. The fourth-order valence-corrected chi connectivity index (χ4v) is 2.09. The van der Waals surface area contributed by atoms with Gasteiger partial charge in [-0.2, -0.15) is 9.36 Å². The van der Waals surface area contributed by atoms with Gasteiger partial charge in [0.25, 0.3) is 0 Å². The molecule has 1 fully saturated rings. The Morgan fingerprint density at radius 2 is 2.12 bits per heavy atom. The van der Waals surface area contributed by atoms with E-state index in [0.29, 0.717) is 12.6 Å². The van der Waals surface area contributed by atoms with Crippen LogP contribution in [0.2, 0.25) is 0 Å². The minimum absolute atomic E-state index is 0.423. The van der Waals surface area contributed by atoms with Crippen LogP contribution in [0.25, 0.3) is 0 Å².